The minimum Gasteiger partial charge on any atom is -0.302 e. The molecule has 0 unspecified atom stereocenters. The van der Waals surface area contributed by atoms with Crippen LogP contribution in [0.1, 0.15) is 29.2 Å². The molecule has 29 heavy (non-hydrogen) atoms. The minimum atomic E-state index is -0.891. The minimum absolute atomic E-state index is 0.611. The first-order valence-electron chi connectivity index (χ1n) is 9.92. The molecule has 4 rings (SSSR count). The molecule has 0 heterocycles. The van der Waals surface area contributed by atoms with Gasteiger partial charge in [-0.1, -0.05) is 121 Å². The van der Waals surface area contributed by atoms with Crippen molar-refractivity contribution in [3.8, 4) is 0 Å². The quantitative estimate of drug-likeness (QED) is 0.367. The van der Waals surface area contributed by atoms with E-state index in [0.717, 1.165) is 28.5 Å². The zero-order chi connectivity index (χ0) is 20.2. The van der Waals surface area contributed by atoms with E-state index in [1.165, 1.54) is 0 Å². The molecule has 0 aromatic heterocycles. The Balaban J connectivity index is 2.15. The Morgan fingerprint density at radius 3 is 1.03 bits per heavy atom. The van der Waals surface area contributed by atoms with E-state index >= 15 is 0 Å². The summed E-state index contributed by atoms with van der Waals surface area (Å²) in [5.74, 6) is 0. The number of hydrogen-bond acceptors (Lipinski definition) is 1. The molecule has 1 heteroatoms. The molecule has 0 fully saturated rings. The third-order valence-electron chi connectivity index (χ3n) is 6.13. The van der Waals surface area contributed by atoms with E-state index in [9.17, 15) is 4.79 Å². The predicted octanol–water partition coefficient (Wildman–Crippen LogP) is 6.18. The lowest BCUT2D eigenvalue weighted by Gasteiger charge is -2.47. The maximum atomic E-state index is 13.2. The summed E-state index contributed by atoms with van der Waals surface area (Å²) in [6, 6.07) is 41.0. The van der Waals surface area contributed by atoms with Crippen LogP contribution in [0.2, 0.25) is 0 Å². The van der Waals surface area contributed by atoms with Crippen LogP contribution in [-0.2, 0) is 15.6 Å². The molecule has 4 aromatic rings. The molecule has 0 saturated carbocycles. The largest absolute Gasteiger partial charge is 0.302 e. The molecule has 1 nitrogen and oxygen atoms in total. The van der Waals surface area contributed by atoms with Gasteiger partial charge >= 0.3 is 0 Å². The lowest BCUT2D eigenvalue weighted by atomic mass is 9.53. The first-order chi connectivity index (χ1) is 14.2. The van der Waals surface area contributed by atoms with Gasteiger partial charge in [0.05, 0.1) is 5.41 Å². The van der Waals surface area contributed by atoms with Gasteiger partial charge < -0.3 is 4.79 Å². The molecule has 0 aliphatic rings. The molecule has 0 aliphatic heterocycles. The van der Waals surface area contributed by atoms with Crippen molar-refractivity contribution in [3.05, 3.63) is 144 Å². The second-order valence-electron chi connectivity index (χ2n) is 7.51. The molecule has 0 aliphatic carbocycles. The number of hydrogen-bond donors (Lipinski definition) is 0. The zero-order valence-corrected chi connectivity index (χ0v) is 16.5. The van der Waals surface area contributed by atoms with Crippen molar-refractivity contribution in [1.29, 1.82) is 0 Å². The van der Waals surface area contributed by atoms with Crippen molar-refractivity contribution >= 4 is 6.29 Å². The molecule has 0 N–H and O–H groups in total. The highest BCUT2D eigenvalue weighted by Crippen LogP contribution is 2.51. The number of benzene rings is 4. The number of aldehydes is 1. The van der Waals surface area contributed by atoms with Crippen LogP contribution in [-0.4, -0.2) is 6.29 Å². The van der Waals surface area contributed by atoms with Crippen LogP contribution in [0.4, 0.5) is 0 Å². The van der Waals surface area contributed by atoms with Crippen LogP contribution in [0.25, 0.3) is 0 Å². The summed E-state index contributed by atoms with van der Waals surface area (Å²) in [5.41, 5.74) is 2.67. The molecule has 4 aromatic carbocycles. The highest BCUT2D eigenvalue weighted by Gasteiger charge is 2.52. The van der Waals surface area contributed by atoms with Gasteiger partial charge in [0.2, 0.25) is 0 Å². The second-order valence-corrected chi connectivity index (χ2v) is 7.51. The first-order valence-corrected chi connectivity index (χ1v) is 9.92. The van der Waals surface area contributed by atoms with E-state index in [0.29, 0.717) is 0 Å². The predicted molar refractivity (Wildman–Crippen MR) is 119 cm³/mol. The van der Waals surface area contributed by atoms with E-state index in [2.05, 4.69) is 55.5 Å². The van der Waals surface area contributed by atoms with Gasteiger partial charge in [-0.05, 0) is 29.2 Å². The van der Waals surface area contributed by atoms with E-state index in [4.69, 9.17) is 0 Å². The number of carbonyl (C=O) groups is 1. The molecule has 0 spiro atoms. The molecule has 0 radical (unpaired) electrons. The van der Waals surface area contributed by atoms with Crippen molar-refractivity contribution in [2.24, 2.45) is 0 Å². The lowest BCUT2D eigenvalue weighted by Crippen LogP contribution is -2.50. The van der Waals surface area contributed by atoms with Gasteiger partial charge in [0.1, 0.15) is 6.29 Å². The fourth-order valence-corrected chi connectivity index (χ4v) is 4.57. The molecule has 0 bridgehead atoms. The molecule has 142 valence electrons. The summed E-state index contributed by atoms with van der Waals surface area (Å²) in [6.45, 7) is 2.19. The topological polar surface area (TPSA) is 17.1 Å². The Morgan fingerprint density at radius 2 is 0.759 bits per heavy atom. The fourth-order valence-electron chi connectivity index (χ4n) is 4.57. The van der Waals surface area contributed by atoms with Gasteiger partial charge in [-0.3, -0.25) is 0 Å². The van der Waals surface area contributed by atoms with Gasteiger partial charge in [-0.15, -0.1) is 0 Å². The van der Waals surface area contributed by atoms with E-state index in [-0.39, 0.29) is 0 Å². The fraction of sp³-hybridized carbons (Fsp3) is 0.107. The van der Waals surface area contributed by atoms with Crippen LogP contribution in [0.15, 0.2) is 121 Å². The van der Waals surface area contributed by atoms with Crippen molar-refractivity contribution in [3.63, 3.8) is 0 Å². The molecule has 0 saturated heterocycles. The summed E-state index contributed by atoms with van der Waals surface area (Å²) < 4.78 is 0. The van der Waals surface area contributed by atoms with E-state index < -0.39 is 10.8 Å². The first kappa shape index (κ1) is 18.9. The third-order valence-corrected chi connectivity index (χ3v) is 6.13. The Hall–Kier alpha value is -3.45. The normalized spacial score (nSPS) is 11.8. The summed E-state index contributed by atoms with van der Waals surface area (Å²) in [6.07, 6.45) is 1.14. The summed E-state index contributed by atoms with van der Waals surface area (Å²) >= 11 is 0. The van der Waals surface area contributed by atoms with Crippen molar-refractivity contribution in [1.82, 2.24) is 0 Å². The second kappa shape index (κ2) is 7.89. The molecular formula is C28H24O. The van der Waals surface area contributed by atoms with Crippen molar-refractivity contribution < 1.29 is 4.79 Å². The molecule has 0 atom stereocenters. The molecule has 0 amide bonds. The van der Waals surface area contributed by atoms with Crippen LogP contribution < -0.4 is 0 Å². The van der Waals surface area contributed by atoms with Crippen molar-refractivity contribution in [2.45, 2.75) is 17.8 Å². The van der Waals surface area contributed by atoms with E-state index in [1.54, 1.807) is 0 Å². The van der Waals surface area contributed by atoms with Gasteiger partial charge in [0, 0.05) is 5.41 Å². The van der Waals surface area contributed by atoms with Gasteiger partial charge in [-0.25, -0.2) is 0 Å². The van der Waals surface area contributed by atoms with Gasteiger partial charge in [0.25, 0.3) is 0 Å². The summed E-state index contributed by atoms with van der Waals surface area (Å²) in [7, 11) is 0. The Kier molecular flexibility index (Phi) is 5.14. The van der Waals surface area contributed by atoms with Gasteiger partial charge in [-0.2, -0.15) is 0 Å². The van der Waals surface area contributed by atoms with E-state index in [1.807, 2.05) is 72.8 Å². The highest BCUT2D eigenvalue weighted by molar-refractivity contribution is 5.81. The Bertz CT molecular complexity index is 975. The maximum Gasteiger partial charge on any atom is 0.136 e. The van der Waals surface area contributed by atoms with Crippen LogP contribution in [0.3, 0.4) is 0 Å². The molecular weight excluding hydrogens is 352 g/mol. The van der Waals surface area contributed by atoms with Crippen LogP contribution in [0, 0.1) is 0 Å². The highest BCUT2D eigenvalue weighted by atomic mass is 16.1. The number of rotatable bonds is 6. The lowest BCUT2D eigenvalue weighted by molar-refractivity contribution is -0.112. The average Bonchev–Trinajstić information content (AvgIpc) is 2.82. The SMILES string of the molecule is CC(c1ccccc1)(c1ccccc1)C(C=O)(c1ccccc1)c1ccccc1. The van der Waals surface area contributed by atoms with Crippen molar-refractivity contribution in [2.75, 3.05) is 0 Å². The Labute approximate surface area is 172 Å². The van der Waals surface area contributed by atoms with Crippen LogP contribution in [0.5, 0.6) is 0 Å². The third kappa shape index (κ3) is 3.00. The maximum absolute atomic E-state index is 13.2. The Morgan fingerprint density at radius 1 is 0.483 bits per heavy atom. The summed E-state index contributed by atoms with van der Waals surface area (Å²) in [4.78, 5) is 13.2. The van der Waals surface area contributed by atoms with Gasteiger partial charge in [0.15, 0.2) is 0 Å². The average molecular weight is 376 g/mol. The number of carbonyl (C=O) groups excluding carboxylic acids is 1. The zero-order valence-electron chi connectivity index (χ0n) is 16.5. The summed E-state index contributed by atoms with van der Waals surface area (Å²) in [5, 5.41) is 0. The standard InChI is InChI=1S/C28H24O/c1-27(23-14-6-2-7-15-23,24-16-8-3-9-17-24)28(22-29,25-18-10-4-11-19-25)26-20-12-5-13-21-26/h2-22H,1H3. The van der Waals surface area contributed by atoms with Crippen LogP contribution >= 0.6 is 0 Å². The smallest absolute Gasteiger partial charge is 0.136 e. The monoisotopic (exact) mass is 376 g/mol.